The average molecular weight is 384 g/mol. The van der Waals surface area contributed by atoms with E-state index in [9.17, 15) is 9.59 Å². The number of halogens is 1. The summed E-state index contributed by atoms with van der Waals surface area (Å²) in [6, 6.07) is 14.0. The van der Waals surface area contributed by atoms with Crippen LogP contribution in [0.4, 0.5) is 11.4 Å². The second-order valence-corrected chi connectivity index (χ2v) is 6.31. The molecule has 0 spiro atoms. The van der Waals surface area contributed by atoms with Crippen LogP contribution in [0.25, 0.3) is 10.9 Å². The predicted octanol–water partition coefficient (Wildman–Crippen LogP) is 3.89. The molecule has 27 heavy (non-hydrogen) atoms. The average Bonchev–Trinajstić information content (AvgIpc) is 2.67. The Morgan fingerprint density at radius 3 is 2.59 bits per heavy atom. The van der Waals surface area contributed by atoms with E-state index in [1.54, 1.807) is 55.7 Å². The molecule has 0 radical (unpaired) electrons. The zero-order valence-corrected chi connectivity index (χ0v) is 15.7. The molecular formula is C20H18ClN3O3. The fourth-order valence-corrected chi connectivity index (χ4v) is 2.73. The highest BCUT2D eigenvalue weighted by atomic mass is 35.5. The van der Waals surface area contributed by atoms with Gasteiger partial charge in [0.2, 0.25) is 5.91 Å². The van der Waals surface area contributed by atoms with Gasteiger partial charge in [-0.1, -0.05) is 11.6 Å². The minimum absolute atomic E-state index is 0.0658. The Morgan fingerprint density at radius 2 is 1.89 bits per heavy atom. The van der Waals surface area contributed by atoms with Crippen LogP contribution in [0.15, 0.2) is 54.7 Å². The largest absolute Gasteiger partial charge is 0.481 e. The number of nitrogens with zero attached hydrogens (tertiary/aromatic N) is 2. The van der Waals surface area contributed by atoms with E-state index in [0.717, 1.165) is 11.1 Å². The number of aromatic nitrogens is 1. The van der Waals surface area contributed by atoms with Gasteiger partial charge < -0.3 is 15.0 Å². The van der Waals surface area contributed by atoms with E-state index >= 15 is 0 Å². The number of fused-ring (bicyclic) bond motifs is 1. The first-order valence-corrected chi connectivity index (χ1v) is 8.64. The maximum Gasteiger partial charge on any atom is 0.262 e. The van der Waals surface area contributed by atoms with Crippen molar-refractivity contribution in [2.75, 3.05) is 23.9 Å². The zero-order chi connectivity index (χ0) is 19.4. The Hall–Kier alpha value is -3.12. The quantitative estimate of drug-likeness (QED) is 0.725. The maximum absolute atomic E-state index is 12.2. The highest BCUT2D eigenvalue weighted by Crippen LogP contribution is 2.29. The number of benzene rings is 2. The number of amides is 2. The standard InChI is InChI=1S/C20H18ClN3O3/c1-13(25)24(2)15-7-5-14(6-8-15)23-19(26)12-27-18-10-9-17(21)16-4-3-11-22-20(16)18/h3-11H,12H2,1-2H3,(H,23,26). The van der Waals surface area contributed by atoms with Crippen molar-refractivity contribution >= 4 is 45.7 Å². The molecule has 0 aliphatic heterocycles. The van der Waals surface area contributed by atoms with Crippen LogP contribution in [0.2, 0.25) is 5.02 Å². The molecule has 3 rings (SSSR count). The Labute approximate surface area is 161 Å². The topological polar surface area (TPSA) is 71.5 Å². The van der Waals surface area contributed by atoms with Crippen molar-refractivity contribution in [2.45, 2.75) is 6.92 Å². The number of anilines is 2. The lowest BCUT2D eigenvalue weighted by Crippen LogP contribution is -2.23. The highest BCUT2D eigenvalue weighted by molar-refractivity contribution is 6.35. The lowest BCUT2D eigenvalue weighted by molar-refractivity contribution is -0.118. The van der Waals surface area contributed by atoms with Gasteiger partial charge in [0, 0.05) is 36.9 Å². The molecule has 1 N–H and O–H groups in total. The molecule has 2 amide bonds. The number of carbonyl (C=O) groups excluding carboxylic acids is 2. The normalized spacial score (nSPS) is 10.5. The first-order chi connectivity index (χ1) is 13.0. The number of ether oxygens (including phenoxy) is 1. The molecule has 7 heteroatoms. The van der Waals surface area contributed by atoms with Gasteiger partial charge in [-0.05, 0) is 48.5 Å². The molecule has 6 nitrogen and oxygen atoms in total. The Bertz CT molecular complexity index is 989. The van der Waals surface area contributed by atoms with Gasteiger partial charge in [0.25, 0.3) is 5.91 Å². The number of hydrogen-bond acceptors (Lipinski definition) is 4. The molecule has 0 aliphatic rings. The SMILES string of the molecule is CC(=O)N(C)c1ccc(NC(=O)COc2ccc(Cl)c3cccnc23)cc1. The summed E-state index contributed by atoms with van der Waals surface area (Å²) < 4.78 is 5.62. The Balaban J connectivity index is 1.64. The van der Waals surface area contributed by atoms with Crippen LogP contribution in [0.5, 0.6) is 5.75 Å². The third-order valence-electron chi connectivity index (χ3n) is 4.05. The number of nitrogens with one attached hydrogen (secondary N) is 1. The van der Waals surface area contributed by atoms with Crippen molar-refractivity contribution < 1.29 is 14.3 Å². The van der Waals surface area contributed by atoms with Crippen LogP contribution < -0.4 is 15.0 Å². The monoisotopic (exact) mass is 383 g/mol. The first-order valence-electron chi connectivity index (χ1n) is 8.26. The van der Waals surface area contributed by atoms with Gasteiger partial charge in [0.05, 0.1) is 5.02 Å². The summed E-state index contributed by atoms with van der Waals surface area (Å²) in [5, 5.41) is 4.09. The molecule has 0 aliphatic carbocycles. The summed E-state index contributed by atoms with van der Waals surface area (Å²) in [6.45, 7) is 1.32. The van der Waals surface area contributed by atoms with Crippen LogP contribution in [0, 0.1) is 0 Å². The summed E-state index contributed by atoms with van der Waals surface area (Å²) in [4.78, 5) is 29.3. The minimum Gasteiger partial charge on any atom is -0.481 e. The van der Waals surface area contributed by atoms with Gasteiger partial charge in [-0.15, -0.1) is 0 Å². The number of pyridine rings is 1. The molecule has 1 heterocycles. The van der Waals surface area contributed by atoms with E-state index < -0.39 is 0 Å². The summed E-state index contributed by atoms with van der Waals surface area (Å²) in [5.41, 5.74) is 1.97. The minimum atomic E-state index is -0.304. The van der Waals surface area contributed by atoms with Crippen LogP contribution >= 0.6 is 11.6 Å². The van der Waals surface area contributed by atoms with Gasteiger partial charge in [-0.2, -0.15) is 0 Å². The first kappa shape index (κ1) is 18.7. The number of hydrogen-bond donors (Lipinski definition) is 1. The Kier molecular flexibility index (Phi) is 5.57. The molecule has 1 aromatic heterocycles. The van der Waals surface area contributed by atoms with Gasteiger partial charge in [-0.25, -0.2) is 0 Å². The van der Waals surface area contributed by atoms with Crippen LogP contribution in [0.1, 0.15) is 6.92 Å². The lowest BCUT2D eigenvalue weighted by atomic mass is 10.2. The zero-order valence-electron chi connectivity index (χ0n) is 14.9. The molecule has 0 bridgehead atoms. The van der Waals surface area contributed by atoms with Crippen LogP contribution in [0.3, 0.4) is 0 Å². The van der Waals surface area contributed by atoms with Crippen LogP contribution in [-0.4, -0.2) is 30.5 Å². The summed E-state index contributed by atoms with van der Waals surface area (Å²) >= 11 is 6.15. The van der Waals surface area contributed by atoms with Crippen molar-refractivity contribution in [3.8, 4) is 5.75 Å². The molecule has 3 aromatic rings. The van der Waals surface area contributed by atoms with E-state index in [2.05, 4.69) is 10.3 Å². The molecular weight excluding hydrogens is 366 g/mol. The fraction of sp³-hybridized carbons (Fsp3) is 0.150. The summed E-state index contributed by atoms with van der Waals surface area (Å²) in [6.07, 6.45) is 1.64. The van der Waals surface area contributed by atoms with E-state index in [1.165, 1.54) is 11.8 Å². The van der Waals surface area contributed by atoms with Crippen molar-refractivity contribution in [1.29, 1.82) is 0 Å². The molecule has 0 unspecified atom stereocenters. The van der Waals surface area contributed by atoms with Crippen LogP contribution in [-0.2, 0) is 9.59 Å². The fourth-order valence-electron chi connectivity index (χ4n) is 2.52. The molecule has 0 fully saturated rings. The van der Waals surface area contributed by atoms with E-state index in [-0.39, 0.29) is 18.4 Å². The lowest BCUT2D eigenvalue weighted by Gasteiger charge is -2.15. The third kappa shape index (κ3) is 4.35. The predicted molar refractivity (Wildman–Crippen MR) is 106 cm³/mol. The van der Waals surface area contributed by atoms with E-state index in [4.69, 9.17) is 16.3 Å². The van der Waals surface area contributed by atoms with Gasteiger partial charge in [0.1, 0.15) is 11.3 Å². The smallest absolute Gasteiger partial charge is 0.262 e. The number of rotatable bonds is 5. The third-order valence-corrected chi connectivity index (χ3v) is 4.38. The molecule has 0 saturated heterocycles. The van der Waals surface area contributed by atoms with Crippen molar-refractivity contribution in [1.82, 2.24) is 4.98 Å². The second-order valence-electron chi connectivity index (χ2n) is 5.91. The second kappa shape index (κ2) is 8.05. The number of carbonyl (C=O) groups is 2. The van der Waals surface area contributed by atoms with Crippen molar-refractivity contribution in [3.05, 3.63) is 59.8 Å². The summed E-state index contributed by atoms with van der Waals surface area (Å²) in [7, 11) is 1.69. The van der Waals surface area contributed by atoms with Gasteiger partial charge in [-0.3, -0.25) is 14.6 Å². The van der Waals surface area contributed by atoms with E-state index in [0.29, 0.717) is 22.0 Å². The molecule has 0 atom stereocenters. The maximum atomic E-state index is 12.2. The van der Waals surface area contributed by atoms with Gasteiger partial charge >= 0.3 is 0 Å². The van der Waals surface area contributed by atoms with Gasteiger partial charge in [0.15, 0.2) is 6.61 Å². The Morgan fingerprint density at radius 1 is 1.15 bits per heavy atom. The van der Waals surface area contributed by atoms with Crippen molar-refractivity contribution in [3.63, 3.8) is 0 Å². The van der Waals surface area contributed by atoms with Crippen molar-refractivity contribution in [2.24, 2.45) is 0 Å². The highest BCUT2D eigenvalue weighted by Gasteiger charge is 2.10. The summed E-state index contributed by atoms with van der Waals surface area (Å²) in [5.74, 6) is 0.120. The van der Waals surface area contributed by atoms with E-state index in [1.807, 2.05) is 6.07 Å². The molecule has 138 valence electrons. The molecule has 2 aromatic carbocycles. The molecule has 0 saturated carbocycles.